The Hall–Kier alpha value is -2.90. The van der Waals surface area contributed by atoms with Gasteiger partial charge in [-0.15, -0.1) is 0 Å². The summed E-state index contributed by atoms with van der Waals surface area (Å²) in [6.45, 7) is 4.12. The number of ether oxygens (including phenoxy) is 2. The van der Waals surface area contributed by atoms with Crippen LogP contribution >= 0.6 is 0 Å². The molecule has 38 heavy (non-hydrogen) atoms. The van der Waals surface area contributed by atoms with Crippen molar-refractivity contribution in [1.82, 2.24) is 14.7 Å². The number of benzene rings is 2. The molecule has 2 aromatic rings. The number of nitrogens with zero attached hydrogens (tertiary/aromatic N) is 3. The lowest BCUT2D eigenvalue weighted by Crippen LogP contribution is -2.53. The van der Waals surface area contributed by atoms with Gasteiger partial charge in [-0.2, -0.15) is 0 Å². The van der Waals surface area contributed by atoms with Crippen LogP contribution in [0.5, 0.6) is 5.75 Å². The van der Waals surface area contributed by atoms with Gasteiger partial charge in [-0.05, 0) is 74.0 Å². The van der Waals surface area contributed by atoms with E-state index in [0.717, 1.165) is 29.8 Å². The molecule has 7 heteroatoms. The molecular formula is C31H41N3O4. The lowest BCUT2D eigenvalue weighted by Gasteiger charge is -2.47. The summed E-state index contributed by atoms with van der Waals surface area (Å²) in [6, 6.07) is 15.5. The molecule has 0 aromatic heterocycles. The first-order chi connectivity index (χ1) is 18.5. The second-order valence-corrected chi connectivity index (χ2v) is 11.0. The Morgan fingerprint density at radius 1 is 1.00 bits per heavy atom. The van der Waals surface area contributed by atoms with Gasteiger partial charge in [0.2, 0.25) is 5.91 Å². The van der Waals surface area contributed by atoms with E-state index in [0.29, 0.717) is 30.7 Å². The van der Waals surface area contributed by atoms with Gasteiger partial charge in [0.1, 0.15) is 5.75 Å². The third-order valence-corrected chi connectivity index (χ3v) is 8.86. The van der Waals surface area contributed by atoms with E-state index >= 15 is 0 Å². The molecule has 4 atom stereocenters. The molecule has 2 aromatic carbocycles. The van der Waals surface area contributed by atoms with Crippen molar-refractivity contribution in [3.8, 4) is 5.75 Å². The highest BCUT2D eigenvalue weighted by molar-refractivity contribution is 6.01. The molecule has 0 spiro atoms. The minimum absolute atomic E-state index is 0.0564. The second kappa shape index (κ2) is 11.9. The predicted molar refractivity (Wildman–Crippen MR) is 147 cm³/mol. The van der Waals surface area contributed by atoms with E-state index in [-0.39, 0.29) is 11.8 Å². The van der Waals surface area contributed by atoms with Gasteiger partial charge in [-0.1, -0.05) is 36.8 Å². The van der Waals surface area contributed by atoms with Crippen LogP contribution in [0.15, 0.2) is 48.5 Å². The summed E-state index contributed by atoms with van der Waals surface area (Å²) in [5, 5.41) is 0. The van der Waals surface area contributed by atoms with E-state index in [4.69, 9.17) is 9.47 Å². The van der Waals surface area contributed by atoms with Crippen molar-refractivity contribution in [1.29, 1.82) is 0 Å². The van der Waals surface area contributed by atoms with Crippen LogP contribution in [0, 0.1) is 5.92 Å². The Balaban J connectivity index is 1.51. The standard InChI is InChI=1S/C31H41N3O4/c1-32-29(22-13-15-24(38-3)16-14-22)28(25-10-4-5-11-26(25)30(32)35)31(36)34(19-20-37-2)21-23-9-8-18-33-17-7-6-12-27(23)33/h4-5,10-11,13-16,23,27-29H,6-9,12,17-21H2,1-3H3/t23-,27+,28-,29-/m0/s1. The van der Waals surface area contributed by atoms with Crippen molar-refractivity contribution in [3.05, 3.63) is 65.2 Å². The van der Waals surface area contributed by atoms with Crippen molar-refractivity contribution in [2.45, 2.75) is 50.1 Å². The third-order valence-electron chi connectivity index (χ3n) is 8.86. The number of carbonyl (C=O) groups is 2. The Morgan fingerprint density at radius 2 is 1.76 bits per heavy atom. The van der Waals surface area contributed by atoms with Crippen molar-refractivity contribution < 1.29 is 19.1 Å². The first kappa shape index (κ1) is 26.7. The van der Waals surface area contributed by atoms with E-state index in [2.05, 4.69) is 4.90 Å². The van der Waals surface area contributed by atoms with Gasteiger partial charge in [-0.25, -0.2) is 0 Å². The SMILES string of the molecule is COCCN(C[C@@H]1CCCN2CCCC[C@H]12)C(=O)[C@H]1c2ccccc2C(=O)N(C)[C@H]1c1ccc(OC)cc1. The van der Waals surface area contributed by atoms with Crippen LogP contribution in [0.3, 0.4) is 0 Å². The summed E-state index contributed by atoms with van der Waals surface area (Å²) in [4.78, 5) is 34.5. The quantitative estimate of drug-likeness (QED) is 0.519. The smallest absolute Gasteiger partial charge is 0.254 e. The molecule has 7 nitrogen and oxygen atoms in total. The van der Waals surface area contributed by atoms with Crippen LogP contribution in [-0.4, -0.2) is 86.6 Å². The minimum atomic E-state index is -0.495. The van der Waals surface area contributed by atoms with E-state index < -0.39 is 12.0 Å². The highest BCUT2D eigenvalue weighted by atomic mass is 16.5. The molecule has 0 saturated carbocycles. The molecular weight excluding hydrogens is 478 g/mol. The average molecular weight is 520 g/mol. The molecule has 0 radical (unpaired) electrons. The summed E-state index contributed by atoms with van der Waals surface area (Å²) >= 11 is 0. The fourth-order valence-corrected chi connectivity index (χ4v) is 6.92. The minimum Gasteiger partial charge on any atom is -0.497 e. The van der Waals surface area contributed by atoms with Crippen LogP contribution in [0.4, 0.5) is 0 Å². The molecule has 5 rings (SSSR count). The van der Waals surface area contributed by atoms with Gasteiger partial charge in [0.25, 0.3) is 5.91 Å². The molecule has 3 aliphatic rings. The lowest BCUT2D eigenvalue weighted by atomic mass is 9.78. The zero-order valence-electron chi connectivity index (χ0n) is 23.0. The Bertz CT molecular complexity index is 1120. The normalized spacial score (nSPS) is 25.4. The molecule has 2 fully saturated rings. The zero-order chi connectivity index (χ0) is 26.6. The van der Waals surface area contributed by atoms with Crippen molar-refractivity contribution in [2.24, 2.45) is 5.92 Å². The first-order valence-corrected chi connectivity index (χ1v) is 14.0. The number of amides is 2. The molecule has 3 aliphatic heterocycles. The number of likely N-dealkylation sites (N-methyl/N-ethyl adjacent to an activating group) is 1. The van der Waals surface area contributed by atoms with E-state index in [1.807, 2.05) is 60.5 Å². The van der Waals surface area contributed by atoms with Gasteiger partial charge < -0.3 is 24.2 Å². The average Bonchev–Trinajstić information content (AvgIpc) is 2.97. The maximum absolute atomic E-state index is 14.7. The van der Waals surface area contributed by atoms with Crippen molar-refractivity contribution in [2.75, 3.05) is 54.1 Å². The molecule has 3 heterocycles. The van der Waals surface area contributed by atoms with Crippen LogP contribution in [0.25, 0.3) is 0 Å². The first-order valence-electron chi connectivity index (χ1n) is 14.0. The van der Waals surface area contributed by atoms with Crippen LogP contribution in [-0.2, 0) is 9.53 Å². The van der Waals surface area contributed by atoms with Gasteiger partial charge in [0.05, 0.1) is 25.7 Å². The van der Waals surface area contributed by atoms with Gasteiger partial charge in [0, 0.05) is 38.9 Å². The third kappa shape index (κ3) is 5.19. The predicted octanol–water partition coefficient (Wildman–Crippen LogP) is 4.35. The van der Waals surface area contributed by atoms with E-state index in [9.17, 15) is 9.59 Å². The number of fused-ring (bicyclic) bond motifs is 2. The number of carbonyl (C=O) groups excluding carboxylic acids is 2. The van der Waals surface area contributed by atoms with Crippen molar-refractivity contribution >= 4 is 11.8 Å². The molecule has 0 bridgehead atoms. The lowest BCUT2D eigenvalue weighted by molar-refractivity contribution is -0.136. The molecule has 0 aliphatic carbocycles. The highest BCUT2D eigenvalue weighted by Crippen LogP contribution is 2.43. The molecule has 2 saturated heterocycles. The topological polar surface area (TPSA) is 62.3 Å². The number of hydrogen-bond donors (Lipinski definition) is 0. The Kier molecular flexibility index (Phi) is 8.34. The van der Waals surface area contributed by atoms with E-state index in [1.54, 1.807) is 19.1 Å². The summed E-state index contributed by atoms with van der Waals surface area (Å²) < 4.78 is 10.8. The number of methoxy groups -OCH3 is 2. The summed E-state index contributed by atoms with van der Waals surface area (Å²) in [5.74, 6) is 0.729. The van der Waals surface area contributed by atoms with Crippen LogP contribution < -0.4 is 4.74 Å². The number of piperidine rings is 2. The maximum atomic E-state index is 14.7. The van der Waals surface area contributed by atoms with Crippen LogP contribution in [0.2, 0.25) is 0 Å². The Morgan fingerprint density at radius 3 is 2.53 bits per heavy atom. The Labute approximate surface area is 226 Å². The van der Waals surface area contributed by atoms with Crippen LogP contribution in [0.1, 0.15) is 65.5 Å². The van der Waals surface area contributed by atoms with Gasteiger partial charge in [0.15, 0.2) is 0 Å². The summed E-state index contributed by atoms with van der Waals surface area (Å²) in [7, 11) is 5.14. The summed E-state index contributed by atoms with van der Waals surface area (Å²) in [6.07, 6.45) is 6.10. The van der Waals surface area contributed by atoms with Gasteiger partial charge >= 0.3 is 0 Å². The molecule has 204 valence electrons. The molecule has 0 unspecified atom stereocenters. The zero-order valence-corrected chi connectivity index (χ0v) is 23.0. The second-order valence-electron chi connectivity index (χ2n) is 11.0. The van der Waals surface area contributed by atoms with Gasteiger partial charge in [-0.3, -0.25) is 9.59 Å². The number of hydrogen-bond acceptors (Lipinski definition) is 5. The fourth-order valence-electron chi connectivity index (χ4n) is 6.92. The fraction of sp³-hybridized carbons (Fsp3) is 0.548. The molecule has 0 N–H and O–H groups in total. The maximum Gasteiger partial charge on any atom is 0.254 e. The monoisotopic (exact) mass is 519 g/mol. The van der Waals surface area contributed by atoms with Crippen molar-refractivity contribution in [3.63, 3.8) is 0 Å². The van der Waals surface area contributed by atoms with E-state index in [1.165, 1.54) is 38.8 Å². The largest absolute Gasteiger partial charge is 0.497 e. The highest BCUT2D eigenvalue weighted by Gasteiger charge is 2.45. The summed E-state index contributed by atoms with van der Waals surface area (Å²) in [5.41, 5.74) is 2.35. The molecule has 2 amide bonds. The number of rotatable bonds is 8.